The minimum atomic E-state index is -0.445. The average Bonchev–Trinajstić information content (AvgIpc) is 2.82. The number of thiophene rings is 1. The molecule has 0 fully saturated rings. The predicted molar refractivity (Wildman–Crippen MR) is 99.8 cm³/mol. The van der Waals surface area contributed by atoms with Gasteiger partial charge in [0.2, 0.25) is 0 Å². The smallest absolute Gasteiger partial charge is 0.309 e. The van der Waals surface area contributed by atoms with Crippen molar-refractivity contribution < 1.29 is 9.53 Å². The van der Waals surface area contributed by atoms with Crippen LogP contribution in [0.15, 0.2) is 6.33 Å². The van der Waals surface area contributed by atoms with Crippen LogP contribution in [0.25, 0.3) is 10.2 Å². The molecule has 24 heavy (non-hydrogen) atoms. The van der Waals surface area contributed by atoms with E-state index in [-0.39, 0.29) is 11.9 Å². The zero-order valence-electron chi connectivity index (χ0n) is 15.0. The number of esters is 1. The molecule has 0 aliphatic carbocycles. The van der Waals surface area contributed by atoms with Gasteiger partial charge < -0.3 is 4.74 Å². The van der Waals surface area contributed by atoms with Gasteiger partial charge in [0.1, 0.15) is 21.9 Å². The molecule has 0 radical (unpaired) electrons. The summed E-state index contributed by atoms with van der Waals surface area (Å²) in [6.45, 7) is 9.75. The highest BCUT2D eigenvalue weighted by Crippen LogP contribution is 2.35. The Morgan fingerprint density at radius 1 is 1.33 bits per heavy atom. The summed E-state index contributed by atoms with van der Waals surface area (Å²) >= 11 is 7.94. The van der Waals surface area contributed by atoms with Crippen molar-refractivity contribution in [2.24, 2.45) is 5.92 Å². The molecule has 0 aliphatic rings. The molecule has 2 aromatic rings. The number of aryl methyl sites for hydroxylation is 2. The van der Waals surface area contributed by atoms with Gasteiger partial charge in [0, 0.05) is 4.88 Å². The lowest BCUT2D eigenvalue weighted by Crippen LogP contribution is -2.27. The fourth-order valence-electron chi connectivity index (χ4n) is 2.58. The molecule has 2 rings (SSSR count). The summed E-state index contributed by atoms with van der Waals surface area (Å²) in [4.78, 5) is 22.8. The van der Waals surface area contributed by atoms with Crippen LogP contribution < -0.4 is 0 Å². The highest BCUT2D eigenvalue weighted by molar-refractivity contribution is 7.18. The normalized spacial score (nSPS) is 13.2. The Kier molecular flexibility index (Phi) is 6.21. The first kappa shape index (κ1) is 19.1. The second-order valence-electron chi connectivity index (χ2n) is 7.07. The zero-order valence-corrected chi connectivity index (χ0v) is 16.6. The molecule has 0 bridgehead atoms. The van der Waals surface area contributed by atoms with E-state index in [1.807, 2.05) is 27.7 Å². The Morgan fingerprint density at radius 2 is 2.04 bits per heavy atom. The summed E-state index contributed by atoms with van der Waals surface area (Å²) < 4.78 is 5.46. The van der Waals surface area contributed by atoms with Gasteiger partial charge in [-0.25, -0.2) is 9.97 Å². The number of hydrogen-bond acceptors (Lipinski definition) is 5. The number of carbonyl (C=O) groups excluding carboxylic acids is 1. The van der Waals surface area contributed by atoms with Crippen LogP contribution in [0.1, 0.15) is 57.9 Å². The molecule has 0 amide bonds. The minimum absolute atomic E-state index is 0.134. The number of fused-ring (bicyclic) bond motifs is 1. The minimum Gasteiger partial charge on any atom is -0.460 e. The van der Waals surface area contributed by atoms with Gasteiger partial charge in [-0.2, -0.15) is 0 Å². The standard InChI is InChI=1S/C18H25ClN2O2S/c1-6-7-12-13(24-16-14(12)15(19)20-10-21-16)9-8-11(2)17(22)23-18(3,4)5/h10-11H,6-9H2,1-5H3. The summed E-state index contributed by atoms with van der Waals surface area (Å²) in [7, 11) is 0. The van der Waals surface area contributed by atoms with E-state index in [1.54, 1.807) is 11.3 Å². The van der Waals surface area contributed by atoms with Crippen molar-refractivity contribution in [3.05, 3.63) is 21.9 Å². The van der Waals surface area contributed by atoms with Crippen LogP contribution in [0.5, 0.6) is 0 Å². The van der Waals surface area contributed by atoms with Crippen molar-refractivity contribution in [1.29, 1.82) is 0 Å². The highest BCUT2D eigenvalue weighted by Gasteiger charge is 2.23. The molecule has 2 aromatic heterocycles. The van der Waals surface area contributed by atoms with Gasteiger partial charge >= 0.3 is 5.97 Å². The van der Waals surface area contributed by atoms with Crippen molar-refractivity contribution in [2.75, 3.05) is 0 Å². The van der Waals surface area contributed by atoms with Gasteiger partial charge in [-0.3, -0.25) is 4.79 Å². The Bertz CT molecular complexity index is 722. The molecule has 0 spiro atoms. The monoisotopic (exact) mass is 368 g/mol. The van der Waals surface area contributed by atoms with E-state index < -0.39 is 5.60 Å². The van der Waals surface area contributed by atoms with E-state index in [1.165, 1.54) is 16.8 Å². The number of carbonyl (C=O) groups is 1. The molecule has 1 unspecified atom stereocenters. The van der Waals surface area contributed by atoms with Crippen LogP contribution in [0.2, 0.25) is 5.15 Å². The van der Waals surface area contributed by atoms with Crippen molar-refractivity contribution >= 4 is 39.1 Å². The molecule has 4 nitrogen and oxygen atoms in total. The molecular formula is C18H25ClN2O2S. The highest BCUT2D eigenvalue weighted by atomic mass is 35.5. The second-order valence-corrected chi connectivity index (χ2v) is 8.51. The summed E-state index contributed by atoms with van der Waals surface area (Å²) in [6, 6.07) is 0. The molecule has 2 heterocycles. The fourth-order valence-corrected chi connectivity index (χ4v) is 4.09. The number of nitrogens with zero attached hydrogens (tertiary/aromatic N) is 2. The van der Waals surface area contributed by atoms with Crippen molar-refractivity contribution in [3.8, 4) is 0 Å². The van der Waals surface area contributed by atoms with Crippen LogP contribution in [0, 0.1) is 5.92 Å². The lowest BCUT2D eigenvalue weighted by molar-refractivity contribution is -0.159. The summed E-state index contributed by atoms with van der Waals surface area (Å²) in [6.07, 6.45) is 5.06. The quantitative estimate of drug-likeness (QED) is 0.519. The van der Waals surface area contributed by atoms with Crippen LogP contribution in [0.3, 0.4) is 0 Å². The molecule has 0 saturated heterocycles. The van der Waals surface area contributed by atoms with E-state index >= 15 is 0 Å². The van der Waals surface area contributed by atoms with Gasteiger partial charge in [-0.15, -0.1) is 11.3 Å². The van der Waals surface area contributed by atoms with Crippen LogP contribution in [-0.2, 0) is 22.4 Å². The van der Waals surface area contributed by atoms with Gasteiger partial charge in [-0.1, -0.05) is 31.9 Å². The summed E-state index contributed by atoms with van der Waals surface area (Å²) in [5.74, 6) is -0.274. The van der Waals surface area contributed by atoms with Gasteiger partial charge in [0.15, 0.2) is 0 Å². The first-order chi connectivity index (χ1) is 11.2. The Labute approximate surface area is 152 Å². The van der Waals surface area contributed by atoms with Crippen LogP contribution in [0.4, 0.5) is 0 Å². The predicted octanol–water partition coefficient (Wildman–Crippen LogP) is 5.21. The van der Waals surface area contributed by atoms with E-state index in [0.29, 0.717) is 5.15 Å². The van der Waals surface area contributed by atoms with E-state index in [9.17, 15) is 4.79 Å². The first-order valence-electron chi connectivity index (χ1n) is 8.36. The molecule has 0 aliphatic heterocycles. The van der Waals surface area contributed by atoms with Crippen molar-refractivity contribution in [2.45, 2.75) is 65.9 Å². The maximum absolute atomic E-state index is 12.2. The van der Waals surface area contributed by atoms with Crippen LogP contribution >= 0.6 is 22.9 Å². The zero-order chi connectivity index (χ0) is 17.9. The number of aromatic nitrogens is 2. The third-order valence-electron chi connectivity index (χ3n) is 3.74. The Morgan fingerprint density at radius 3 is 2.67 bits per heavy atom. The van der Waals surface area contributed by atoms with Crippen molar-refractivity contribution in [3.63, 3.8) is 0 Å². The topological polar surface area (TPSA) is 52.1 Å². The SMILES string of the molecule is CCCc1c(CCC(C)C(=O)OC(C)(C)C)sc2ncnc(Cl)c12. The molecule has 0 saturated carbocycles. The van der Waals surface area contributed by atoms with E-state index in [4.69, 9.17) is 16.3 Å². The molecule has 0 aromatic carbocycles. The first-order valence-corrected chi connectivity index (χ1v) is 9.56. The Balaban J connectivity index is 2.16. The van der Waals surface area contributed by atoms with E-state index in [2.05, 4.69) is 16.9 Å². The number of rotatable bonds is 6. The summed E-state index contributed by atoms with van der Waals surface area (Å²) in [5.41, 5.74) is 0.791. The third kappa shape index (κ3) is 4.67. The number of hydrogen-bond donors (Lipinski definition) is 0. The summed E-state index contributed by atoms with van der Waals surface area (Å²) in [5, 5.41) is 1.50. The third-order valence-corrected chi connectivity index (χ3v) is 5.22. The maximum Gasteiger partial charge on any atom is 0.309 e. The van der Waals surface area contributed by atoms with Crippen LogP contribution in [-0.4, -0.2) is 21.5 Å². The maximum atomic E-state index is 12.2. The van der Waals surface area contributed by atoms with Crippen molar-refractivity contribution in [1.82, 2.24) is 9.97 Å². The second kappa shape index (κ2) is 7.79. The average molecular weight is 369 g/mol. The molecule has 1 atom stereocenters. The molecule has 132 valence electrons. The van der Waals surface area contributed by atoms with E-state index in [0.717, 1.165) is 35.9 Å². The van der Waals surface area contributed by atoms with Gasteiger partial charge in [0.25, 0.3) is 0 Å². The largest absolute Gasteiger partial charge is 0.460 e. The van der Waals surface area contributed by atoms with Gasteiger partial charge in [-0.05, 0) is 45.6 Å². The molecular weight excluding hydrogens is 344 g/mol. The molecule has 6 heteroatoms. The Hall–Kier alpha value is -1.20. The lowest BCUT2D eigenvalue weighted by atomic mass is 10.0. The number of halogens is 1. The lowest BCUT2D eigenvalue weighted by Gasteiger charge is -2.22. The molecule has 0 N–H and O–H groups in total. The van der Waals surface area contributed by atoms with Gasteiger partial charge in [0.05, 0.1) is 11.3 Å². The fraction of sp³-hybridized carbons (Fsp3) is 0.611. The number of ether oxygens (including phenoxy) is 1.